The molecule has 27 heavy (non-hydrogen) atoms. The Morgan fingerprint density at radius 2 is 1.93 bits per heavy atom. The first-order valence-electron chi connectivity index (χ1n) is 8.46. The van der Waals surface area contributed by atoms with Gasteiger partial charge in [0.1, 0.15) is 0 Å². The second-order valence-corrected chi connectivity index (χ2v) is 10.3. The van der Waals surface area contributed by atoms with Gasteiger partial charge in [-0.05, 0) is 53.7 Å². The van der Waals surface area contributed by atoms with Crippen LogP contribution in [0.1, 0.15) is 39.6 Å². The third-order valence-electron chi connectivity index (χ3n) is 3.19. The van der Waals surface area contributed by atoms with Gasteiger partial charge in [0.25, 0.3) is 0 Å². The molecule has 0 bridgehead atoms. The van der Waals surface area contributed by atoms with Crippen molar-refractivity contribution in [1.82, 2.24) is 9.71 Å². The molecule has 2 N–H and O–H groups in total. The van der Waals surface area contributed by atoms with E-state index in [1.807, 2.05) is 6.92 Å². The highest BCUT2D eigenvalue weighted by atomic mass is 32.2. The molecule has 1 aromatic carbocycles. The highest BCUT2D eigenvalue weighted by Crippen LogP contribution is 2.34. The highest BCUT2D eigenvalue weighted by molar-refractivity contribution is 7.89. The smallest absolute Gasteiger partial charge is 0.411 e. The summed E-state index contributed by atoms with van der Waals surface area (Å²) in [4.78, 5) is 16.9. The Morgan fingerprint density at radius 1 is 1.26 bits per heavy atom. The van der Waals surface area contributed by atoms with Crippen molar-refractivity contribution in [1.29, 1.82) is 0 Å². The van der Waals surface area contributed by atoms with Crippen LogP contribution in [0, 0.1) is 6.92 Å². The first-order chi connectivity index (χ1) is 12.4. The third-order valence-corrected chi connectivity index (χ3v) is 5.93. The fraction of sp³-hybridized carbons (Fsp3) is 0.444. The van der Waals surface area contributed by atoms with Gasteiger partial charge in [-0.15, -0.1) is 11.3 Å². The Hall–Kier alpha value is -1.97. The number of anilines is 1. The summed E-state index contributed by atoms with van der Waals surface area (Å²) < 4.78 is 33.7. The van der Waals surface area contributed by atoms with E-state index in [-0.39, 0.29) is 11.0 Å². The monoisotopic (exact) mass is 411 g/mol. The van der Waals surface area contributed by atoms with E-state index in [1.165, 1.54) is 17.4 Å². The predicted molar refractivity (Wildman–Crippen MR) is 108 cm³/mol. The van der Waals surface area contributed by atoms with Crippen LogP contribution in [0.2, 0.25) is 0 Å². The number of ether oxygens (including phenoxy) is 1. The molecular formula is C18H25N3O4S2. The van der Waals surface area contributed by atoms with Crippen LogP contribution >= 0.6 is 11.3 Å². The van der Waals surface area contributed by atoms with Crippen LogP contribution in [0.5, 0.6) is 0 Å². The number of aromatic nitrogens is 1. The summed E-state index contributed by atoms with van der Waals surface area (Å²) in [6.07, 6.45) is 0.722. The van der Waals surface area contributed by atoms with E-state index in [0.717, 1.165) is 9.88 Å². The standard InChI is InChI=1S/C18H25N3O4S2/c1-11(2)25-17(22)20-13-7-8-14(15-10-19-12(3)26-15)16(9-13)27(23,24)21-18(4,5)6/h7-11,21H,1-6H3,(H,20,22). The molecule has 1 aromatic heterocycles. The van der Waals surface area contributed by atoms with Crippen LogP contribution in [0.4, 0.5) is 10.5 Å². The summed E-state index contributed by atoms with van der Waals surface area (Å²) in [6.45, 7) is 10.6. The lowest BCUT2D eigenvalue weighted by Crippen LogP contribution is -2.40. The molecule has 2 rings (SSSR count). The number of aryl methyl sites for hydroxylation is 1. The number of benzene rings is 1. The summed E-state index contributed by atoms with van der Waals surface area (Å²) in [5, 5.41) is 3.40. The second kappa shape index (κ2) is 7.95. The summed E-state index contributed by atoms with van der Waals surface area (Å²) in [5.41, 5.74) is 0.208. The quantitative estimate of drug-likeness (QED) is 0.770. The molecule has 9 heteroatoms. The van der Waals surface area contributed by atoms with E-state index in [4.69, 9.17) is 4.74 Å². The first-order valence-corrected chi connectivity index (χ1v) is 10.8. The molecule has 0 radical (unpaired) electrons. The average molecular weight is 412 g/mol. The number of thiazole rings is 1. The number of sulfonamides is 1. The number of carbonyl (C=O) groups excluding carboxylic acids is 1. The van der Waals surface area contributed by atoms with Crippen LogP contribution in [-0.2, 0) is 14.8 Å². The maximum Gasteiger partial charge on any atom is 0.411 e. The lowest BCUT2D eigenvalue weighted by atomic mass is 10.1. The van der Waals surface area contributed by atoms with Crippen LogP contribution < -0.4 is 10.0 Å². The van der Waals surface area contributed by atoms with Crippen LogP contribution in [0.25, 0.3) is 10.4 Å². The van der Waals surface area contributed by atoms with Gasteiger partial charge in [-0.2, -0.15) is 0 Å². The molecule has 1 amide bonds. The third kappa shape index (κ3) is 6.02. The van der Waals surface area contributed by atoms with Gasteiger partial charge in [0.05, 0.1) is 20.9 Å². The molecule has 0 saturated carbocycles. The van der Waals surface area contributed by atoms with Crippen molar-refractivity contribution in [3.63, 3.8) is 0 Å². The van der Waals surface area contributed by atoms with Crippen LogP contribution in [-0.4, -0.2) is 31.1 Å². The molecule has 2 aromatic rings. The zero-order valence-corrected chi connectivity index (χ0v) is 17.9. The average Bonchev–Trinajstić information content (AvgIpc) is 2.90. The normalized spacial score (nSPS) is 12.3. The molecule has 0 aliphatic heterocycles. The van der Waals surface area contributed by atoms with Crippen molar-refractivity contribution in [2.45, 2.75) is 58.1 Å². The zero-order valence-electron chi connectivity index (χ0n) is 16.3. The Balaban J connectivity index is 2.51. The molecule has 1 heterocycles. The van der Waals surface area contributed by atoms with Gasteiger partial charge in [-0.25, -0.2) is 22.9 Å². The maximum absolute atomic E-state index is 13.0. The van der Waals surface area contributed by atoms with Crippen molar-refractivity contribution in [3.05, 3.63) is 29.4 Å². The van der Waals surface area contributed by atoms with Crippen LogP contribution in [0.3, 0.4) is 0 Å². The number of rotatable bonds is 5. The minimum Gasteiger partial charge on any atom is -0.447 e. The van der Waals surface area contributed by atoms with Gasteiger partial charge < -0.3 is 4.74 Å². The number of hydrogen-bond acceptors (Lipinski definition) is 6. The molecule has 0 unspecified atom stereocenters. The van der Waals surface area contributed by atoms with Crippen molar-refractivity contribution in [2.75, 3.05) is 5.32 Å². The van der Waals surface area contributed by atoms with Gasteiger partial charge in [0.15, 0.2) is 0 Å². The molecule has 0 atom stereocenters. The molecule has 148 valence electrons. The van der Waals surface area contributed by atoms with Crippen molar-refractivity contribution in [2.24, 2.45) is 0 Å². The fourth-order valence-electron chi connectivity index (χ4n) is 2.33. The highest BCUT2D eigenvalue weighted by Gasteiger charge is 2.26. The number of nitrogens with one attached hydrogen (secondary N) is 2. The Labute approximate surface area is 164 Å². The first kappa shape index (κ1) is 21.3. The van der Waals surface area contributed by atoms with Gasteiger partial charge in [-0.1, -0.05) is 6.07 Å². The van der Waals surface area contributed by atoms with Crippen molar-refractivity contribution < 1.29 is 17.9 Å². The summed E-state index contributed by atoms with van der Waals surface area (Å²) in [6, 6.07) is 4.73. The van der Waals surface area contributed by atoms with E-state index in [9.17, 15) is 13.2 Å². The van der Waals surface area contributed by atoms with E-state index in [1.54, 1.807) is 52.9 Å². The van der Waals surface area contributed by atoms with Crippen LogP contribution in [0.15, 0.2) is 29.3 Å². The van der Waals surface area contributed by atoms with E-state index in [2.05, 4.69) is 15.0 Å². The molecule has 0 aliphatic rings. The second-order valence-electron chi connectivity index (χ2n) is 7.39. The van der Waals surface area contributed by atoms with Gasteiger partial charge >= 0.3 is 6.09 Å². The SMILES string of the molecule is Cc1ncc(-c2ccc(NC(=O)OC(C)C)cc2S(=O)(=O)NC(C)(C)C)s1. The largest absolute Gasteiger partial charge is 0.447 e. The molecular weight excluding hydrogens is 386 g/mol. The van der Waals surface area contributed by atoms with E-state index in [0.29, 0.717) is 11.3 Å². The van der Waals surface area contributed by atoms with Crippen molar-refractivity contribution in [3.8, 4) is 10.4 Å². The van der Waals surface area contributed by atoms with Gasteiger partial charge in [0.2, 0.25) is 10.0 Å². The lowest BCUT2D eigenvalue weighted by molar-refractivity contribution is 0.130. The molecule has 0 spiro atoms. The predicted octanol–water partition coefficient (Wildman–Crippen LogP) is 4.15. The minimum absolute atomic E-state index is 0.0726. The lowest BCUT2D eigenvalue weighted by Gasteiger charge is -2.22. The number of amides is 1. The summed E-state index contributed by atoms with van der Waals surface area (Å²) >= 11 is 1.40. The van der Waals surface area contributed by atoms with E-state index >= 15 is 0 Å². The van der Waals surface area contributed by atoms with Crippen molar-refractivity contribution >= 4 is 33.1 Å². The molecule has 0 saturated heterocycles. The number of carbonyl (C=O) groups is 1. The topological polar surface area (TPSA) is 97.4 Å². The number of hydrogen-bond donors (Lipinski definition) is 2. The number of nitrogens with zero attached hydrogens (tertiary/aromatic N) is 1. The minimum atomic E-state index is -3.83. The molecule has 0 fully saturated rings. The Bertz CT molecular complexity index is 928. The fourth-order valence-corrected chi connectivity index (χ4v) is 4.88. The maximum atomic E-state index is 13.0. The van der Waals surface area contributed by atoms with Gasteiger partial charge in [-0.3, -0.25) is 5.32 Å². The zero-order chi connectivity index (χ0) is 20.4. The summed E-state index contributed by atoms with van der Waals surface area (Å²) in [7, 11) is -3.83. The Kier molecular flexibility index (Phi) is 6.28. The molecule has 7 nitrogen and oxygen atoms in total. The Morgan fingerprint density at radius 3 is 2.44 bits per heavy atom. The summed E-state index contributed by atoms with van der Waals surface area (Å²) in [5.74, 6) is 0. The van der Waals surface area contributed by atoms with Gasteiger partial charge in [0, 0.05) is 23.0 Å². The molecule has 0 aliphatic carbocycles. The van der Waals surface area contributed by atoms with E-state index < -0.39 is 21.7 Å².